The molecule has 1 heterocycles. The van der Waals surface area contributed by atoms with Crippen molar-refractivity contribution >= 4 is 27.9 Å². The van der Waals surface area contributed by atoms with Crippen molar-refractivity contribution in [3.8, 4) is 0 Å². The minimum absolute atomic E-state index is 0.0904. The smallest absolute Gasteiger partial charge is 0.306 e. The molecule has 1 N–H and O–H groups in total. The Morgan fingerprint density at radius 2 is 2.21 bits per heavy atom. The van der Waals surface area contributed by atoms with Gasteiger partial charge in [0.15, 0.2) is 0 Å². The van der Waals surface area contributed by atoms with Crippen LogP contribution in [0.3, 0.4) is 0 Å². The fraction of sp³-hybridized carbons (Fsp3) is 0.231. The van der Waals surface area contributed by atoms with E-state index in [2.05, 4.69) is 5.32 Å². The van der Waals surface area contributed by atoms with Gasteiger partial charge >= 0.3 is 5.00 Å². The molecule has 0 aliphatic heterocycles. The monoisotopic (exact) mass is 296 g/mol. The molecule has 1 atom stereocenters. The van der Waals surface area contributed by atoms with Gasteiger partial charge in [-0.3, -0.25) is 10.1 Å². The molecule has 1 aromatic heterocycles. The number of rotatable bonds is 5. The molecular weight excluding hydrogens is 284 g/mol. The Kier molecular flexibility index (Phi) is 4.52. The maximum absolute atomic E-state index is 10.6. The zero-order valence-corrected chi connectivity index (χ0v) is 11.9. The summed E-state index contributed by atoms with van der Waals surface area (Å²) in [5.41, 5.74) is 1.93. The van der Waals surface area contributed by atoms with Gasteiger partial charge < -0.3 is 5.32 Å². The highest BCUT2D eigenvalue weighted by atomic mass is 35.5. The third kappa shape index (κ3) is 3.53. The van der Waals surface area contributed by atoms with Crippen LogP contribution in [-0.4, -0.2) is 4.92 Å². The van der Waals surface area contributed by atoms with E-state index in [1.165, 1.54) is 0 Å². The van der Waals surface area contributed by atoms with Crippen LogP contribution in [0.5, 0.6) is 0 Å². The highest BCUT2D eigenvalue weighted by Crippen LogP contribution is 2.25. The zero-order chi connectivity index (χ0) is 13.8. The molecular formula is C13H13ClN2O2S. The summed E-state index contributed by atoms with van der Waals surface area (Å²) in [6.07, 6.45) is 0. The number of halogens is 1. The molecule has 0 saturated heterocycles. The minimum atomic E-state index is -0.369. The number of nitrogens with one attached hydrogen (secondary N) is 1. The van der Waals surface area contributed by atoms with E-state index in [9.17, 15) is 10.1 Å². The van der Waals surface area contributed by atoms with Crippen molar-refractivity contribution in [1.29, 1.82) is 0 Å². The highest BCUT2D eigenvalue weighted by Gasteiger charge is 2.12. The summed E-state index contributed by atoms with van der Waals surface area (Å²) in [5, 5.41) is 16.6. The van der Waals surface area contributed by atoms with Crippen LogP contribution in [0, 0.1) is 10.1 Å². The van der Waals surface area contributed by atoms with Gasteiger partial charge in [-0.15, -0.1) is 0 Å². The fourth-order valence-corrected chi connectivity index (χ4v) is 2.79. The molecule has 0 bridgehead atoms. The number of nitrogens with zero attached hydrogens (tertiary/aromatic N) is 1. The Morgan fingerprint density at radius 1 is 1.47 bits per heavy atom. The molecule has 0 amide bonds. The third-order valence-corrected chi connectivity index (χ3v) is 4.08. The molecule has 0 radical (unpaired) electrons. The number of hydrogen-bond donors (Lipinski definition) is 1. The molecule has 2 rings (SSSR count). The van der Waals surface area contributed by atoms with Gasteiger partial charge in [-0.05, 0) is 24.1 Å². The van der Waals surface area contributed by atoms with Gasteiger partial charge in [-0.1, -0.05) is 41.1 Å². The Bertz CT molecular complexity index is 586. The number of nitro groups is 1. The van der Waals surface area contributed by atoms with Gasteiger partial charge in [0.05, 0.1) is 4.92 Å². The average molecular weight is 297 g/mol. The van der Waals surface area contributed by atoms with Crippen LogP contribution in [0.2, 0.25) is 5.02 Å². The first-order valence-electron chi connectivity index (χ1n) is 5.77. The van der Waals surface area contributed by atoms with Crippen LogP contribution < -0.4 is 5.32 Å². The van der Waals surface area contributed by atoms with E-state index in [0.717, 1.165) is 27.5 Å². The number of hydrogen-bond acceptors (Lipinski definition) is 4. The number of thiophene rings is 1. The van der Waals surface area contributed by atoms with E-state index < -0.39 is 0 Å². The van der Waals surface area contributed by atoms with Crippen molar-refractivity contribution in [3.63, 3.8) is 0 Å². The second-order valence-corrected chi connectivity index (χ2v) is 5.47. The lowest BCUT2D eigenvalue weighted by Gasteiger charge is -2.14. The standard InChI is InChI=1S/C13H13ClN2O2S/c1-9(11-4-2-3-5-12(11)14)15-7-10-6-13(16(17)18)19-8-10/h2-6,8-9,15H,7H2,1H3. The molecule has 0 aliphatic rings. The molecule has 0 saturated carbocycles. The van der Waals surface area contributed by atoms with Crippen LogP contribution in [0.15, 0.2) is 35.7 Å². The second kappa shape index (κ2) is 6.14. The quantitative estimate of drug-likeness (QED) is 0.666. The second-order valence-electron chi connectivity index (χ2n) is 4.17. The predicted molar refractivity (Wildman–Crippen MR) is 77.7 cm³/mol. The lowest BCUT2D eigenvalue weighted by Crippen LogP contribution is -2.18. The van der Waals surface area contributed by atoms with E-state index in [0.29, 0.717) is 6.54 Å². The summed E-state index contributed by atoms with van der Waals surface area (Å²) < 4.78 is 0. The van der Waals surface area contributed by atoms with Crippen molar-refractivity contribution in [2.45, 2.75) is 19.5 Å². The zero-order valence-electron chi connectivity index (χ0n) is 10.3. The summed E-state index contributed by atoms with van der Waals surface area (Å²) in [7, 11) is 0. The summed E-state index contributed by atoms with van der Waals surface area (Å²) in [6.45, 7) is 2.60. The lowest BCUT2D eigenvalue weighted by molar-refractivity contribution is -0.380. The van der Waals surface area contributed by atoms with Crippen molar-refractivity contribution in [2.24, 2.45) is 0 Å². The van der Waals surface area contributed by atoms with Gasteiger partial charge in [0.1, 0.15) is 0 Å². The van der Waals surface area contributed by atoms with Crippen LogP contribution in [0.1, 0.15) is 24.1 Å². The highest BCUT2D eigenvalue weighted by molar-refractivity contribution is 7.13. The first-order chi connectivity index (χ1) is 9.08. The van der Waals surface area contributed by atoms with Gasteiger partial charge in [-0.2, -0.15) is 0 Å². The normalized spacial score (nSPS) is 12.3. The van der Waals surface area contributed by atoms with Crippen molar-refractivity contribution in [2.75, 3.05) is 0 Å². The van der Waals surface area contributed by atoms with Crippen molar-refractivity contribution < 1.29 is 4.92 Å². The molecule has 19 heavy (non-hydrogen) atoms. The van der Waals surface area contributed by atoms with Crippen molar-refractivity contribution in [3.05, 3.63) is 62.0 Å². The van der Waals surface area contributed by atoms with E-state index in [-0.39, 0.29) is 16.0 Å². The first kappa shape index (κ1) is 14.0. The van der Waals surface area contributed by atoms with E-state index in [4.69, 9.17) is 11.6 Å². The molecule has 100 valence electrons. The van der Waals surface area contributed by atoms with Crippen LogP contribution in [0.25, 0.3) is 0 Å². The maximum Gasteiger partial charge on any atom is 0.324 e. The summed E-state index contributed by atoms with van der Waals surface area (Å²) in [5.74, 6) is 0. The van der Waals surface area contributed by atoms with Crippen LogP contribution in [0.4, 0.5) is 5.00 Å². The molecule has 0 fully saturated rings. The van der Waals surface area contributed by atoms with E-state index >= 15 is 0 Å². The third-order valence-electron chi connectivity index (χ3n) is 2.80. The predicted octanol–water partition coefficient (Wildman–Crippen LogP) is 4.16. The van der Waals surface area contributed by atoms with Crippen LogP contribution in [-0.2, 0) is 6.54 Å². The van der Waals surface area contributed by atoms with E-state index in [1.807, 2.05) is 31.2 Å². The maximum atomic E-state index is 10.6. The Balaban J connectivity index is 1.98. The van der Waals surface area contributed by atoms with E-state index in [1.54, 1.807) is 11.4 Å². The molecule has 1 unspecified atom stereocenters. The van der Waals surface area contributed by atoms with Gasteiger partial charge in [0.25, 0.3) is 0 Å². The molecule has 6 heteroatoms. The lowest BCUT2D eigenvalue weighted by atomic mass is 10.1. The molecule has 4 nitrogen and oxygen atoms in total. The topological polar surface area (TPSA) is 55.2 Å². The van der Waals surface area contributed by atoms with Gasteiger partial charge in [-0.25, -0.2) is 0 Å². The fourth-order valence-electron chi connectivity index (χ4n) is 1.76. The number of benzene rings is 1. The molecule has 0 spiro atoms. The molecule has 0 aliphatic carbocycles. The van der Waals surface area contributed by atoms with Gasteiger partial charge in [0, 0.05) is 29.1 Å². The molecule has 2 aromatic rings. The average Bonchev–Trinajstić information content (AvgIpc) is 2.85. The first-order valence-corrected chi connectivity index (χ1v) is 7.03. The minimum Gasteiger partial charge on any atom is -0.306 e. The summed E-state index contributed by atoms with van der Waals surface area (Å²) >= 11 is 7.26. The Hall–Kier alpha value is -1.43. The summed E-state index contributed by atoms with van der Waals surface area (Å²) in [6, 6.07) is 9.33. The largest absolute Gasteiger partial charge is 0.324 e. The molecule has 1 aromatic carbocycles. The Morgan fingerprint density at radius 3 is 2.84 bits per heavy atom. The van der Waals surface area contributed by atoms with Crippen molar-refractivity contribution in [1.82, 2.24) is 5.32 Å². The Labute approximate surface area is 120 Å². The SMILES string of the molecule is CC(NCc1csc([N+](=O)[O-])c1)c1ccccc1Cl. The summed E-state index contributed by atoms with van der Waals surface area (Å²) in [4.78, 5) is 10.2. The van der Waals surface area contributed by atoms with Crippen LogP contribution >= 0.6 is 22.9 Å². The van der Waals surface area contributed by atoms with Gasteiger partial charge in [0.2, 0.25) is 0 Å².